The number of unbranched alkanes of at least 4 members (excludes halogenated alkanes) is 1. The lowest BCUT2D eigenvalue weighted by Gasteiger charge is -2.49. The van der Waals surface area contributed by atoms with Crippen LogP contribution in [0.25, 0.3) is 0 Å². The lowest BCUT2D eigenvalue weighted by molar-refractivity contribution is -0.107. The molecule has 2 atom stereocenters. The van der Waals surface area contributed by atoms with E-state index >= 15 is 0 Å². The van der Waals surface area contributed by atoms with E-state index in [1.807, 2.05) is 0 Å². The summed E-state index contributed by atoms with van der Waals surface area (Å²) in [5, 5.41) is 3.24. The van der Waals surface area contributed by atoms with Crippen LogP contribution in [0.1, 0.15) is 52.9 Å². The quantitative estimate of drug-likeness (QED) is 0.432. The van der Waals surface area contributed by atoms with E-state index in [0.29, 0.717) is 24.1 Å². The topological polar surface area (TPSA) is 59.6 Å². The second-order valence-corrected chi connectivity index (χ2v) is 6.22. The Morgan fingerprint density at radius 2 is 2.17 bits per heavy atom. The second-order valence-electron chi connectivity index (χ2n) is 6.22. The second kappa shape index (κ2) is 5.47. The largest absolute Gasteiger partial charge is 0.377 e. The van der Waals surface area contributed by atoms with Gasteiger partial charge in [-0.05, 0) is 25.7 Å². The number of nitrogens with two attached hydrogens (primary N) is 1. The van der Waals surface area contributed by atoms with Gasteiger partial charge in [0.05, 0.1) is 12.1 Å². The smallest absolute Gasteiger partial charge is 0.189 e. The SMILES string of the molecule is CCCCOC1CC(N=C(N)NC2CC2)C1(C)C. The normalized spacial score (nSPS) is 30.9. The van der Waals surface area contributed by atoms with E-state index in [4.69, 9.17) is 10.5 Å². The molecule has 4 nitrogen and oxygen atoms in total. The summed E-state index contributed by atoms with van der Waals surface area (Å²) < 4.78 is 5.91. The highest BCUT2D eigenvalue weighted by molar-refractivity contribution is 5.78. The molecule has 0 aromatic carbocycles. The molecule has 0 aromatic heterocycles. The van der Waals surface area contributed by atoms with Crippen molar-refractivity contribution in [3.8, 4) is 0 Å². The fourth-order valence-electron chi connectivity index (χ4n) is 2.38. The molecule has 0 amide bonds. The molecule has 0 radical (unpaired) electrons. The highest BCUT2D eigenvalue weighted by Gasteiger charge is 2.49. The summed E-state index contributed by atoms with van der Waals surface area (Å²) >= 11 is 0. The first kappa shape index (κ1) is 13.7. The average Bonchev–Trinajstić information content (AvgIpc) is 3.11. The number of hydrogen-bond acceptors (Lipinski definition) is 2. The van der Waals surface area contributed by atoms with Gasteiger partial charge >= 0.3 is 0 Å². The molecule has 18 heavy (non-hydrogen) atoms. The van der Waals surface area contributed by atoms with E-state index < -0.39 is 0 Å². The molecule has 0 spiro atoms. The van der Waals surface area contributed by atoms with E-state index in [9.17, 15) is 0 Å². The average molecular weight is 253 g/mol. The van der Waals surface area contributed by atoms with E-state index in [1.54, 1.807) is 0 Å². The Morgan fingerprint density at radius 1 is 1.44 bits per heavy atom. The van der Waals surface area contributed by atoms with Crippen molar-refractivity contribution in [2.24, 2.45) is 16.1 Å². The van der Waals surface area contributed by atoms with Crippen LogP contribution in [0.2, 0.25) is 0 Å². The van der Waals surface area contributed by atoms with Gasteiger partial charge in [-0.1, -0.05) is 27.2 Å². The van der Waals surface area contributed by atoms with E-state index in [2.05, 4.69) is 31.1 Å². The minimum absolute atomic E-state index is 0.115. The molecule has 2 unspecified atom stereocenters. The van der Waals surface area contributed by atoms with Gasteiger partial charge in [-0.25, -0.2) is 4.99 Å². The molecular weight excluding hydrogens is 226 g/mol. The van der Waals surface area contributed by atoms with Crippen molar-refractivity contribution in [3.63, 3.8) is 0 Å². The number of hydrogen-bond donors (Lipinski definition) is 2. The first-order valence-corrected chi connectivity index (χ1v) is 7.25. The molecule has 0 saturated heterocycles. The summed E-state index contributed by atoms with van der Waals surface area (Å²) in [4.78, 5) is 4.60. The third kappa shape index (κ3) is 3.16. The van der Waals surface area contributed by atoms with Gasteiger partial charge in [-0.3, -0.25) is 0 Å². The van der Waals surface area contributed by atoms with Crippen LogP contribution in [0.15, 0.2) is 4.99 Å². The van der Waals surface area contributed by atoms with Crippen molar-refractivity contribution in [2.75, 3.05) is 6.61 Å². The molecule has 104 valence electrons. The summed E-state index contributed by atoms with van der Waals surface area (Å²) in [7, 11) is 0. The zero-order valence-electron chi connectivity index (χ0n) is 11.9. The summed E-state index contributed by atoms with van der Waals surface area (Å²) in [5.41, 5.74) is 6.03. The molecule has 0 heterocycles. The van der Waals surface area contributed by atoms with Crippen molar-refractivity contribution in [2.45, 2.75) is 71.1 Å². The van der Waals surface area contributed by atoms with Gasteiger partial charge < -0.3 is 15.8 Å². The Hall–Kier alpha value is -0.770. The molecule has 0 bridgehead atoms. The maximum atomic E-state index is 5.91. The van der Waals surface area contributed by atoms with E-state index in [1.165, 1.54) is 19.3 Å². The maximum Gasteiger partial charge on any atom is 0.189 e. The fourth-order valence-corrected chi connectivity index (χ4v) is 2.38. The van der Waals surface area contributed by atoms with Crippen LogP contribution in [0.5, 0.6) is 0 Å². The predicted molar refractivity (Wildman–Crippen MR) is 74.6 cm³/mol. The Labute approximate surface area is 110 Å². The molecular formula is C14H27N3O. The van der Waals surface area contributed by atoms with Gasteiger partial charge in [0.25, 0.3) is 0 Å². The number of aliphatic imine (C=N–C) groups is 1. The highest BCUT2D eigenvalue weighted by atomic mass is 16.5. The van der Waals surface area contributed by atoms with Crippen molar-refractivity contribution >= 4 is 5.96 Å². The summed E-state index contributed by atoms with van der Waals surface area (Å²) in [6.45, 7) is 7.51. The lowest BCUT2D eigenvalue weighted by atomic mass is 9.65. The number of nitrogens with zero attached hydrogens (tertiary/aromatic N) is 1. The van der Waals surface area contributed by atoms with Crippen molar-refractivity contribution in [3.05, 3.63) is 0 Å². The molecule has 0 aromatic rings. The van der Waals surface area contributed by atoms with Gasteiger partial charge in [0.15, 0.2) is 5.96 Å². The number of ether oxygens (including phenoxy) is 1. The molecule has 3 N–H and O–H groups in total. The van der Waals surface area contributed by atoms with Crippen LogP contribution in [-0.4, -0.2) is 30.8 Å². The van der Waals surface area contributed by atoms with Gasteiger partial charge in [0.1, 0.15) is 0 Å². The van der Waals surface area contributed by atoms with Crippen LogP contribution >= 0.6 is 0 Å². The highest BCUT2D eigenvalue weighted by Crippen LogP contribution is 2.44. The third-order valence-electron chi connectivity index (χ3n) is 4.17. The standard InChI is InChI=1S/C14H27N3O/c1-4-5-8-18-12-9-11(14(12,2)3)17-13(15)16-10-6-7-10/h10-12H,4-9H2,1-3H3,(H3,15,16,17). The Bertz CT molecular complexity index is 310. The van der Waals surface area contributed by atoms with Crippen molar-refractivity contribution in [1.82, 2.24) is 5.32 Å². The van der Waals surface area contributed by atoms with Gasteiger partial charge in [-0.2, -0.15) is 0 Å². The Balaban J connectivity index is 1.78. The monoisotopic (exact) mass is 253 g/mol. The molecule has 2 rings (SSSR count). The first-order valence-electron chi connectivity index (χ1n) is 7.25. The number of rotatable bonds is 6. The van der Waals surface area contributed by atoms with Crippen LogP contribution in [0, 0.1) is 5.41 Å². The van der Waals surface area contributed by atoms with Crippen LogP contribution in [0.4, 0.5) is 0 Å². The summed E-state index contributed by atoms with van der Waals surface area (Å²) in [5.74, 6) is 0.614. The van der Waals surface area contributed by atoms with E-state index in [0.717, 1.165) is 19.4 Å². The molecule has 2 aliphatic rings. The Morgan fingerprint density at radius 3 is 2.72 bits per heavy atom. The summed E-state index contributed by atoms with van der Waals surface area (Å²) in [6.07, 6.45) is 6.13. The first-order chi connectivity index (χ1) is 8.54. The van der Waals surface area contributed by atoms with E-state index in [-0.39, 0.29) is 5.41 Å². The summed E-state index contributed by atoms with van der Waals surface area (Å²) in [6, 6.07) is 0.879. The number of guanidine groups is 1. The molecule has 2 saturated carbocycles. The zero-order valence-corrected chi connectivity index (χ0v) is 11.9. The minimum Gasteiger partial charge on any atom is -0.377 e. The van der Waals surface area contributed by atoms with Crippen LogP contribution in [-0.2, 0) is 4.74 Å². The van der Waals surface area contributed by atoms with Gasteiger partial charge in [0, 0.05) is 18.1 Å². The molecule has 4 heteroatoms. The molecule has 2 fully saturated rings. The fraction of sp³-hybridized carbons (Fsp3) is 0.929. The number of nitrogens with one attached hydrogen (secondary N) is 1. The molecule has 0 aliphatic heterocycles. The maximum absolute atomic E-state index is 5.91. The van der Waals surface area contributed by atoms with Crippen molar-refractivity contribution < 1.29 is 4.74 Å². The third-order valence-corrected chi connectivity index (χ3v) is 4.17. The Kier molecular flexibility index (Phi) is 4.15. The zero-order chi connectivity index (χ0) is 13.2. The van der Waals surface area contributed by atoms with Crippen molar-refractivity contribution in [1.29, 1.82) is 0 Å². The van der Waals surface area contributed by atoms with Gasteiger partial charge in [0.2, 0.25) is 0 Å². The predicted octanol–water partition coefficient (Wildman–Crippen LogP) is 2.04. The van der Waals surface area contributed by atoms with Gasteiger partial charge in [-0.15, -0.1) is 0 Å². The van der Waals surface area contributed by atoms with Crippen LogP contribution < -0.4 is 11.1 Å². The molecule has 2 aliphatic carbocycles. The van der Waals surface area contributed by atoms with Crippen LogP contribution in [0.3, 0.4) is 0 Å². The lowest BCUT2D eigenvalue weighted by Crippen LogP contribution is -2.55. The minimum atomic E-state index is 0.115.